The maximum absolute atomic E-state index is 12.5. The Bertz CT molecular complexity index is 715. The molecular formula is C18H21N3O4. The van der Waals surface area contributed by atoms with Crippen molar-refractivity contribution >= 4 is 5.91 Å². The van der Waals surface area contributed by atoms with E-state index in [0.717, 1.165) is 6.42 Å². The predicted molar refractivity (Wildman–Crippen MR) is 87.9 cm³/mol. The molecule has 25 heavy (non-hydrogen) atoms. The van der Waals surface area contributed by atoms with Gasteiger partial charge in [-0.1, -0.05) is 30.3 Å². The molecule has 2 aromatic rings. The number of amides is 1. The van der Waals surface area contributed by atoms with Gasteiger partial charge < -0.3 is 18.8 Å². The Kier molecular flexibility index (Phi) is 4.50. The van der Waals surface area contributed by atoms with Gasteiger partial charge in [0.05, 0.1) is 13.2 Å². The van der Waals surface area contributed by atoms with Gasteiger partial charge in [-0.15, -0.1) is 10.2 Å². The maximum Gasteiger partial charge on any atom is 0.311 e. The van der Waals surface area contributed by atoms with Gasteiger partial charge in [-0.2, -0.15) is 0 Å². The summed E-state index contributed by atoms with van der Waals surface area (Å²) >= 11 is 0. The van der Waals surface area contributed by atoms with Crippen LogP contribution in [0.4, 0.5) is 0 Å². The molecule has 0 N–H and O–H groups in total. The lowest BCUT2D eigenvalue weighted by Crippen LogP contribution is -2.47. The Hall–Kier alpha value is -2.25. The molecule has 0 bridgehead atoms. The van der Waals surface area contributed by atoms with Crippen LogP contribution in [0.15, 0.2) is 34.7 Å². The van der Waals surface area contributed by atoms with Crippen LogP contribution >= 0.6 is 0 Å². The Morgan fingerprint density at radius 3 is 2.48 bits per heavy atom. The van der Waals surface area contributed by atoms with E-state index in [9.17, 15) is 4.79 Å². The first-order valence-corrected chi connectivity index (χ1v) is 8.68. The van der Waals surface area contributed by atoms with E-state index in [4.69, 9.17) is 13.9 Å². The van der Waals surface area contributed by atoms with Crippen LogP contribution in [0, 0.1) is 0 Å². The molecule has 7 nitrogen and oxygen atoms in total. The topological polar surface area (TPSA) is 77.7 Å². The second kappa shape index (κ2) is 6.93. The lowest BCUT2D eigenvalue weighted by Gasteiger charge is -2.36. The summed E-state index contributed by atoms with van der Waals surface area (Å²) in [6.07, 6.45) is 2.77. The van der Waals surface area contributed by atoms with Crippen LogP contribution in [0.5, 0.6) is 0 Å². The highest BCUT2D eigenvalue weighted by molar-refractivity contribution is 5.89. The van der Waals surface area contributed by atoms with Gasteiger partial charge in [-0.25, -0.2) is 0 Å². The van der Waals surface area contributed by atoms with Gasteiger partial charge in [-0.05, 0) is 12.0 Å². The van der Waals surface area contributed by atoms with Gasteiger partial charge >= 0.3 is 11.8 Å². The number of aromatic nitrogens is 2. The highest BCUT2D eigenvalue weighted by Crippen LogP contribution is 2.31. The molecule has 1 spiro atoms. The van der Waals surface area contributed by atoms with Crippen LogP contribution in [-0.4, -0.2) is 53.1 Å². The third-order valence-electron chi connectivity index (χ3n) is 4.75. The van der Waals surface area contributed by atoms with E-state index < -0.39 is 5.79 Å². The molecule has 132 valence electrons. The smallest absolute Gasteiger partial charge is 0.311 e. The number of likely N-dealkylation sites (tertiary alicyclic amines) is 1. The Morgan fingerprint density at radius 2 is 1.76 bits per heavy atom. The molecule has 1 aromatic carbocycles. The number of rotatable bonds is 4. The summed E-state index contributed by atoms with van der Waals surface area (Å²) in [5.41, 5.74) is 1.20. The van der Waals surface area contributed by atoms with Gasteiger partial charge in [0.15, 0.2) is 5.79 Å². The Balaban J connectivity index is 1.33. The number of aryl methyl sites for hydroxylation is 2. The second-order valence-electron chi connectivity index (χ2n) is 6.39. The van der Waals surface area contributed by atoms with Gasteiger partial charge in [0, 0.05) is 32.4 Å². The largest absolute Gasteiger partial charge is 0.417 e. The number of carbonyl (C=O) groups excluding carboxylic acids is 1. The molecule has 1 aromatic heterocycles. The summed E-state index contributed by atoms with van der Waals surface area (Å²) in [7, 11) is 0. The maximum atomic E-state index is 12.5. The fourth-order valence-corrected chi connectivity index (χ4v) is 3.31. The number of piperidine rings is 1. The van der Waals surface area contributed by atoms with E-state index in [1.54, 1.807) is 4.90 Å². The SMILES string of the molecule is O=C(c1nnc(CCc2ccccc2)o1)N1CCC2(CC1)OCCO2. The average molecular weight is 343 g/mol. The molecule has 7 heteroatoms. The summed E-state index contributed by atoms with van der Waals surface area (Å²) in [5.74, 6) is -0.159. The van der Waals surface area contributed by atoms with Crippen LogP contribution < -0.4 is 0 Å². The van der Waals surface area contributed by atoms with Gasteiger partial charge in [0.2, 0.25) is 5.89 Å². The number of ether oxygens (including phenoxy) is 2. The van der Waals surface area contributed by atoms with Crippen molar-refractivity contribution in [3.05, 3.63) is 47.7 Å². The first kappa shape index (κ1) is 16.2. The van der Waals surface area contributed by atoms with Crippen molar-refractivity contribution in [1.29, 1.82) is 0 Å². The third kappa shape index (κ3) is 3.57. The first-order chi connectivity index (χ1) is 12.2. The number of nitrogens with zero attached hydrogens (tertiary/aromatic N) is 3. The zero-order valence-electron chi connectivity index (χ0n) is 14.0. The average Bonchev–Trinajstić information content (AvgIpc) is 3.31. The van der Waals surface area contributed by atoms with Crippen LogP contribution in [0.2, 0.25) is 0 Å². The molecule has 0 radical (unpaired) electrons. The summed E-state index contributed by atoms with van der Waals surface area (Å²) in [5, 5.41) is 7.93. The fourth-order valence-electron chi connectivity index (χ4n) is 3.31. The number of hydrogen-bond acceptors (Lipinski definition) is 6. The minimum absolute atomic E-state index is 0.0623. The third-order valence-corrected chi connectivity index (χ3v) is 4.75. The Morgan fingerprint density at radius 1 is 1.04 bits per heavy atom. The summed E-state index contributed by atoms with van der Waals surface area (Å²) in [6, 6.07) is 10.1. The normalized spacial score (nSPS) is 19.4. The highest BCUT2D eigenvalue weighted by Gasteiger charge is 2.41. The molecule has 2 fully saturated rings. The van der Waals surface area contributed by atoms with Gasteiger partial charge in [0.25, 0.3) is 0 Å². The molecule has 4 rings (SSSR count). The van der Waals surface area contributed by atoms with E-state index in [-0.39, 0.29) is 11.8 Å². The fraction of sp³-hybridized carbons (Fsp3) is 0.500. The molecule has 0 unspecified atom stereocenters. The first-order valence-electron chi connectivity index (χ1n) is 8.68. The second-order valence-corrected chi connectivity index (χ2v) is 6.39. The van der Waals surface area contributed by atoms with Crippen molar-refractivity contribution < 1.29 is 18.7 Å². The molecule has 3 heterocycles. The lowest BCUT2D eigenvalue weighted by atomic mass is 10.0. The molecule has 0 aliphatic carbocycles. The molecule has 1 amide bonds. The molecule has 2 saturated heterocycles. The van der Waals surface area contributed by atoms with Crippen molar-refractivity contribution in [3.8, 4) is 0 Å². The summed E-state index contributed by atoms with van der Waals surface area (Å²) in [6.45, 7) is 2.39. The summed E-state index contributed by atoms with van der Waals surface area (Å²) in [4.78, 5) is 14.3. The molecule has 2 aliphatic heterocycles. The quantitative estimate of drug-likeness (QED) is 0.843. The standard InChI is InChI=1S/C18H21N3O4/c22-17(21-10-8-18(9-11-21)23-12-13-24-18)16-20-19-15(25-16)7-6-14-4-2-1-3-5-14/h1-5H,6-13H2. The van der Waals surface area contributed by atoms with Crippen molar-refractivity contribution in [2.24, 2.45) is 0 Å². The zero-order valence-corrected chi connectivity index (χ0v) is 14.0. The number of carbonyl (C=O) groups is 1. The number of hydrogen-bond donors (Lipinski definition) is 0. The zero-order chi connectivity index (χ0) is 17.1. The minimum Gasteiger partial charge on any atom is -0.417 e. The van der Waals surface area contributed by atoms with E-state index >= 15 is 0 Å². The van der Waals surface area contributed by atoms with E-state index in [1.807, 2.05) is 18.2 Å². The van der Waals surface area contributed by atoms with E-state index in [1.165, 1.54) is 5.56 Å². The van der Waals surface area contributed by atoms with E-state index in [2.05, 4.69) is 22.3 Å². The van der Waals surface area contributed by atoms with Gasteiger partial charge in [0.1, 0.15) is 0 Å². The molecule has 2 aliphatic rings. The van der Waals surface area contributed by atoms with Crippen molar-refractivity contribution in [2.45, 2.75) is 31.5 Å². The van der Waals surface area contributed by atoms with Crippen molar-refractivity contribution in [2.75, 3.05) is 26.3 Å². The number of benzene rings is 1. The highest BCUT2D eigenvalue weighted by atomic mass is 16.7. The van der Waals surface area contributed by atoms with Crippen LogP contribution in [0.25, 0.3) is 0 Å². The van der Waals surface area contributed by atoms with Crippen molar-refractivity contribution in [3.63, 3.8) is 0 Å². The predicted octanol–water partition coefficient (Wildman–Crippen LogP) is 1.83. The Labute approximate surface area is 145 Å². The molecule has 0 saturated carbocycles. The monoisotopic (exact) mass is 343 g/mol. The molecule has 0 atom stereocenters. The van der Waals surface area contributed by atoms with Crippen LogP contribution in [0.3, 0.4) is 0 Å². The minimum atomic E-state index is -0.494. The lowest BCUT2D eigenvalue weighted by molar-refractivity contribution is -0.181. The van der Waals surface area contributed by atoms with Crippen LogP contribution in [-0.2, 0) is 22.3 Å². The molecular weight excluding hydrogens is 322 g/mol. The van der Waals surface area contributed by atoms with Crippen LogP contribution in [0.1, 0.15) is 35.0 Å². The van der Waals surface area contributed by atoms with Gasteiger partial charge in [-0.3, -0.25) is 4.79 Å². The summed E-state index contributed by atoms with van der Waals surface area (Å²) < 4.78 is 16.9. The van der Waals surface area contributed by atoms with E-state index in [0.29, 0.717) is 51.5 Å². The van der Waals surface area contributed by atoms with Crippen molar-refractivity contribution in [1.82, 2.24) is 15.1 Å².